The zero-order valence-corrected chi connectivity index (χ0v) is 22.3. The molecule has 10 nitrogen and oxygen atoms in total. The molecule has 0 amide bonds. The van der Waals surface area contributed by atoms with Gasteiger partial charge in [-0.25, -0.2) is 7.91 Å². The van der Waals surface area contributed by atoms with Crippen molar-refractivity contribution in [3.05, 3.63) is 69.2 Å². The van der Waals surface area contributed by atoms with E-state index in [2.05, 4.69) is 25.3 Å². The van der Waals surface area contributed by atoms with Gasteiger partial charge in [-0.15, -0.1) is 15.3 Å². The lowest BCUT2D eigenvalue weighted by Crippen LogP contribution is -2.21. The van der Waals surface area contributed by atoms with Crippen molar-refractivity contribution in [3.63, 3.8) is 0 Å². The van der Waals surface area contributed by atoms with Crippen LogP contribution in [0.5, 0.6) is 5.19 Å². The summed E-state index contributed by atoms with van der Waals surface area (Å²) in [6, 6.07) is 15.1. The Morgan fingerprint density at radius 3 is 2.05 bits per heavy atom. The maximum absolute atomic E-state index is 12.7. The standard InChI is InChI=1S/C23H17N7O3S4/c31-18-14-5-1-3-7-16(14)36-29(18)21-25-24-20(34-21)28-10-9-13(11-28)12-33-23-27-26-22(35-23)30-19(32)15-6-2-4-8-17(15)37-30/h1-8,13H,9-12H2/t13-/m1/s1. The maximum atomic E-state index is 12.7. The van der Waals surface area contributed by atoms with Crippen molar-refractivity contribution in [2.24, 2.45) is 5.92 Å². The molecule has 4 aromatic heterocycles. The minimum atomic E-state index is -0.0935. The molecule has 186 valence electrons. The van der Waals surface area contributed by atoms with Crippen LogP contribution >= 0.6 is 45.7 Å². The first-order valence-corrected chi connectivity index (χ1v) is 14.6. The fourth-order valence-corrected chi connectivity index (χ4v) is 7.91. The largest absolute Gasteiger partial charge is 0.469 e. The molecule has 0 N–H and O–H groups in total. The normalized spacial score (nSPS) is 15.8. The Kier molecular flexibility index (Phi) is 5.61. The first kappa shape index (κ1) is 22.7. The number of fused-ring (bicyclic) bond motifs is 2. The highest BCUT2D eigenvalue weighted by molar-refractivity contribution is 7.20. The molecule has 5 heterocycles. The lowest BCUT2D eigenvalue weighted by Gasteiger charge is -2.13. The van der Waals surface area contributed by atoms with Gasteiger partial charge in [0.2, 0.25) is 15.4 Å². The number of ether oxygens (including phenoxy) is 1. The molecule has 0 aliphatic carbocycles. The van der Waals surface area contributed by atoms with Gasteiger partial charge in [0.05, 0.1) is 26.8 Å². The van der Waals surface area contributed by atoms with E-state index in [0.29, 0.717) is 38.8 Å². The number of hydrogen-bond acceptors (Lipinski definition) is 12. The van der Waals surface area contributed by atoms with Crippen LogP contribution in [-0.2, 0) is 0 Å². The molecule has 37 heavy (non-hydrogen) atoms. The van der Waals surface area contributed by atoms with Gasteiger partial charge < -0.3 is 9.64 Å². The van der Waals surface area contributed by atoms with Gasteiger partial charge in [-0.05, 0) is 65.1 Å². The van der Waals surface area contributed by atoms with Crippen molar-refractivity contribution in [3.8, 4) is 15.5 Å². The van der Waals surface area contributed by atoms with Gasteiger partial charge in [-0.3, -0.25) is 9.59 Å². The minimum absolute atomic E-state index is 0.0645. The van der Waals surface area contributed by atoms with E-state index in [4.69, 9.17) is 4.74 Å². The summed E-state index contributed by atoms with van der Waals surface area (Å²) in [6.07, 6.45) is 0.944. The van der Waals surface area contributed by atoms with Crippen LogP contribution in [0.4, 0.5) is 5.13 Å². The van der Waals surface area contributed by atoms with Gasteiger partial charge in [0.1, 0.15) is 0 Å². The molecule has 1 atom stereocenters. The molecule has 1 aliphatic heterocycles. The topological polar surface area (TPSA) is 108 Å². The first-order chi connectivity index (χ1) is 18.1. The number of rotatable bonds is 6. The predicted octanol–water partition coefficient (Wildman–Crippen LogP) is 4.03. The molecule has 1 aliphatic rings. The lowest BCUT2D eigenvalue weighted by atomic mass is 10.1. The van der Waals surface area contributed by atoms with Crippen molar-refractivity contribution < 1.29 is 4.74 Å². The second-order valence-corrected chi connectivity index (χ2v) is 12.3. The Morgan fingerprint density at radius 2 is 1.38 bits per heavy atom. The van der Waals surface area contributed by atoms with Crippen molar-refractivity contribution in [2.75, 3.05) is 24.6 Å². The highest BCUT2D eigenvalue weighted by Gasteiger charge is 2.27. The molecular formula is C23H17N7O3S4. The van der Waals surface area contributed by atoms with Crippen LogP contribution < -0.4 is 20.8 Å². The third kappa shape index (κ3) is 4.05. The Hall–Kier alpha value is -3.46. The van der Waals surface area contributed by atoms with Gasteiger partial charge in [0.15, 0.2) is 0 Å². The zero-order valence-electron chi connectivity index (χ0n) is 19.0. The molecule has 0 radical (unpaired) electrons. The molecule has 7 rings (SSSR count). The molecule has 0 spiro atoms. The number of benzene rings is 2. The second-order valence-electron chi connectivity index (χ2n) is 8.50. The van der Waals surface area contributed by atoms with E-state index in [-0.39, 0.29) is 11.1 Å². The first-order valence-electron chi connectivity index (χ1n) is 11.4. The van der Waals surface area contributed by atoms with Gasteiger partial charge in [-0.2, -0.15) is 0 Å². The van der Waals surface area contributed by atoms with Crippen molar-refractivity contribution >= 4 is 71.0 Å². The Labute approximate surface area is 224 Å². The summed E-state index contributed by atoms with van der Waals surface area (Å²) in [6.45, 7) is 2.10. The van der Waals surface area contributed by atoms with Crippen molar-refractivity contribution in [2.45, 2.75) is 6.42 Å². The number of nitrogens with zero attached hydrogens (tertiary/aromatic N) is 7. The van der Waals surface area contributed by atoms with Crippen LogP contribution in [0.3, 0.4) is 0 Å². The zero-order chi connectivity index (χ0) is 24.9. The van der Waals surface area contributed by atoms with E-state index < -0.39 is 0 Å². The highest BCUT2D eigenvalue weighted by atomic mass is 32.1. The summed E-state index contributed by atoms with van der Waals surface area (Å²) in [7, 11) is 0. The molecule has 2 aromatic carbocycles. The van der Waals surface area contributed by atoms with E-state index >= 15 is 0 Å². The average Bonchev–Trinajstić information content (AvgIpc) is 3.74. The quantitative estimate of drug-likeness (QED) is 0.297. The van der Waals surface area contributed by atoms with Gasteiger partial charge in [0, 0.05) is 19.0 Å². The Bertz CT molecular complexity index is 1860. The maximum Gasteiger partial charge on any atom is 0.295 e. The molecule has 1 fully saturated rings. The lowest BCUT2D eigenvalue weighted by molar-refractivity contribution is 0.258. The van der Waals surface area contributed by atoms with Gasteiger partial charge >= 0.3 is 0 Å². The third-order valence-corrected chi connectivity index (χ3v) is 10.3. The van der Waals surface area contributed by atoms with Crippen LogP contribution in [0, 0.1) is 5.92 Å². The van der Waals surface area contributed by atoms with E-state index in [1.807, 2.05) is 48.5 Å². The fraction of sp³-hybridized carbons (Fsp3) is 0.217. The van der Waals surface area contributed by atoms with Crippen LogP contribution in [0.2, 0.25) is 0 Å². The summed E-state index contributed by atoms with van der Waals surface area (Å²) in [5.74, 6) is 0.291. The van der Waals surface area contributed by atoms with Gasteiger partial charge in [0.25, 0.3) is 16.3 Å². The Morgan fingerprint density at radius 1 is 0.784 bits per heavy atom. The molecule has 6 aromatic rings. The van der Waals surface area contributed by atoms with Crippen LogP contribution in [0.25, 0.3) is 30.4 Å². The molecule has 0 bridgehead atoms. The summed E-state index contributed by atoms with van der Waals surface area (Å²) < 4.78 is 11.0. The van der Waals surface area contributed by atoms with Crippen LogP contribution in [-0.4, -0.2) is 48.0 Å². The van der Waals surface area contributed by atoms with Crippen LogP contribution in [0.1, 0.15) is 6.42 Å². The van der Waals surface area contributed by atoms with Crippen molar-refractivity contribution in [1.82, 2.24) is 28.3 Å². The summed E-state index contributed by atoms with van der Waals surface area (Å²) >= 11 is 5.42. The number of hydrogen-bond donors (Lipinski definition) is 0. The molecule has 14 heteroatoms. The minimum Gasteiger partial charge on any atom is -0.469 e. The predicted molar refractivity (Wildman–Crippen MR) is 148 cm³/mol. The second kappa shape index (κ2) is 9.13. The van der Waals surface area contributed by atoms with Crippen molar-refractivity contribution in [1.29, 1.82) is 0 Å². The van der Waals surface area contributed by atoms with Gasteiger partial charge in [-0.1, -0.05) is 40.7 Å². The summed E-state index contributed by atoms with van der Waals surface area (Å²) in [5, 5.41) is 20.6. The van der Waals surface area contributed by atoms with E-state index in [9.17, 15) is 9.59 Å². The Balaban J connectivity index is 1.01. The summed E-state index contributed by atoms with van der Waals surface area (Å²) in [4.78, 5) is 27.6. The molecular weight excluding hydrogens is 551 g/mol. The average molecular weight is 568 g/mol. The van der Waals surface area contributed by atoms with Crippen LogP contribution in [0.15, 0.2) is 58.1 Å². The number of aromatic nitrogens is 6. The van der Waals surface area contributed by atoms with E-state index in [0.717, 1.165) is 34.0 Å². The SMILES string of the molecule is O=c1c2ccccc2sn1-c1nnc(OC[C@@H]2CCN(c3nnc(-n4sc5ccccc5c4=O)s3)C2)s1. The van der Waals surface area contributed by atoms with E-state index in [1.165, 1.54) is 45.7 Å². The smallest absolute Gasteiger partial charge is 0.295 e. The third-order valence-electron chi connectivity index (χ3n) is 6.13. The van der Waals surface area contributed by atoms with E-state index in [1.54, 1.807) is 7.91 Å². The monoisotopic (exact) mass is 567 g/mol. The highest BCUT2D eigenvalue weighted by Crippen LogP contribution is 2.31. The summed E-state index contributed by atoms with van der Waals surface area (Å²) in [5.41, 5.74) is -0.158. The molecule has 0 saturated carbocycles. The fourth-order valence-electron chi connectivity index (χ4n) is 4.29. The molecule has 0 unspecified atom stereocenters. The number of anilines is 1. The molecule has 1 saturated heterocycles.